The molecule has 3 aromatic rings. The van der Waals surface area contributed by atoms with Gasteiger partial charge in [0.2, 0.25) is 0 Å². The first-order valence-electron chi connectivity index (χ1n) is 8.20. The summed E-state index contributed by atoms with van der Waals surface area (Å²) in [6, 6.07) is 9.80. The van der Waals surface area contributed by atoms with Crippen molar-refractivity contribution in [1.82, 2.24) is 14.6 Å². The molecule has 0 aliphatic heterocycles. The van der Waals surface area contributed by atoms with Crippen LogP contribution in [0.2, 0.25) is 0 Å². The number of hydrogen-bond donors (Lipinski definition) is 2. The fraction of sp³-hybridized carbons (Fsp3) is 0.333. The molecule has 0 saturated heterocycles. The lowest BCUT2D eigenvalue weighted by Gasteiger charge is -2.25. The lowest BCUT2D eigenvalue weighted by molar-refractivity contribution is 0.453. The van der Waals surface area contributed by atoms with Gasteiger partial charge in [0.15, 0.2) is 5.65 Å². The highest BCUT2D eigenvalue weighted by atomic mass is 16.3. The number of hydrogen-bond acceptors (Lipinski definition) is 4. The second-order valence-electron chi connectivity index (χ2n) is 6.12. The Morgan fingerprint density at radius 1 is 1.09 bits per heavy atom. The predicted molar refractivity (Wildman–Crippen MR) is 90.6 cm³/mol. The van der Waals surface area contributed by atoms with Crippen LogP contribution in [0.25, 0.3) is 16.9 Å². The van der Waals surface area contributed by atoms with E-state index in [9.17, 15) is 5.11 Å². The molecule has 5 nitrogen and oxygen atoms in total. The van der Waals surface area contributed by atoms with Gasteiger partial charge in [0.1, 0.15) is 5.75 Å². The number of aromatic nitrogens is 3. The molecule has 5 heteroatoms. The summed E-state index contributed by atoms with van der Waals surface area (Å²) in [4.78, 5) is 4.40. The molecular formula is C18H20N4O. The molecule has 2 aromatic heterocycles. The topological polar surface area (TPSA) is 62.5 Å². The summed E-state index contributed by atoms with van der Waals surface area (Å²) in [5.74, 6) is 0.277. The van der Waals surface area contributed by atoms with Gasteiger partial charge < -0.3 is 10.4 Å². The van der Waals surface area contributed by atoms with Gasteiger partial charge in [-0.15, -0.1) is 0 Å². The van der Waals surface area contributed by atoms with Crippen LogP contribution in [0.1, 0.15) is 32.1 Å². The van der Waals surface area contributed by atoms with E-state index in [1.54, 1.807) is 16.8 Å². The van der Waals surface area contributed by atoms with E-state index >= 15 is 0 Å². The van der Waals surface area contributed by atoms with Crippen molar-refractivity contribution >= 4 is 11.3 Å². The van der Waals surface area contributed by atoms with E-state index in [-0.39, 0.29) is 5.75 Å². The van der Waals surface area contributed by atoms with Crippen molar-refractivity contribution in [3.8, 4) is 17.0 Å². The minimum absolute atomic E-state index is 0.277. The summed E-state index contributed by atoms with van der Waals surface area (Å²) in [5.41, 5.74) is 3.40. The Labute approximate surface area is 135 Å². The number of para-hydroxylation sites is 1. The van der Waals surface area contributed by atoms with E-state index in [0.717, 1.165) is 35.4 Å². The first kappa shape index (κ1) is 14.1. The molecule has 0 bridgehead atoms. The van der Waals surface area contributed by atoms with Gasteiger partial charge in [-0.05, 0) is 31.0 Å². The fourth-order valence-corrected chi connectivity index (χ4v) is 3.37. The summed E-state index contributed by atoms with van der Waals surface area (Å²) < 4.78 is 1.81. The summed E-state index contributed by atoms with van der Waals surface area (Å²) in [5, 5.41) is 18.3. The number of aromatic hydroxyl groups is 1. The van der Waals surface area contributed by atoms with Gasteiger partial charge in [-0.3, -0.25) is 0 Å². The van der Waals surface area contributed by atoms with Gasteiger partial charge in [0, 0.05) is 17.8 Å². The van der Waals surface area contributed by atoms with Crippen LogP contribution in [-0.2, 0) is 0 Å². The van der Waals surface area contributed by atoms with Crippen molar-refractivity contribution in [3.63, 3.8) is 0 Å². The second kappa shape index (κ2) is 5.91. The third-order valence-corrected chi connectivity index (χ3v) is 4.55. The van der Waals surface area contributed by atoms with Crippen molar-refractivity contribution in [2.24, 2.45) is 0 Å². The maximum atomic E-state index is 10.4. The highest BCUT2D eigenvalue weighted by Gasteiger charge is 2.19. The molecule has 23 heavy (non-hydrogen) atoms. The Hall–Kier alpha value is -2.56. The van der Waals surface area contributed by atoms with Crippen molar-refractivity contribution < 1.29 is 5.11 Å². The van der Waals surface area contributed by atoms with Crippen molar-refractivity contribution in [3.05, 3.63) is 42.7 Å². The Morgan fingerprint density at radius 3 is 2.83 bits per heavy atom. The summed E-state index contributed by atoms with van der Waals surface area (Å²) in [6.45, 7) is 0. The summed E-state index contributed by atoms with van der Waals surface area (Å²) >= 11 is 0. The SMILES string of the molecule is Oc1cccc(-c2cnc3cccnn23)c1NC1CCCCC1. The smallest absolute Gasteiger partial charge is 0.154 e. The number of nitrogens with zero attached hydrogens (tertiary/aromatic N) is 3. The van der Waals surface area contributed by atoms with Crippen molar-refractivity contribution in [2.45, 2.75) is 38.1 Å². The number of anilines is 1. The van der Waals surface area contributed by atoms with Crippen LogP contribution in [0.5, 0.6) is 5.75 Å². The van der Waals surface area contributed by atoms with Crippen molar-refractivity contribution in [1.29, 1.82) is 0 Å². The molecule has 2 heterocycles. The normalized spacial score (nSPS) is 15.8. The Morgan fingerprint density at radius 2 is 1.96 bits per heavy atom. The predicted octanol–water partition coefficient (Wildman–Crippen LogP) is 3.85. The van der Waals surface area contributed by atoms with Crippen LogP contribution in [0, 0.1) is 0 Å². The monoisotopic (exact) mass is 308 g/mol. The standard InChI is InChI=1S/C18H20N4O/c23-16-9-4-8-14(18(16)21-13-6-2-1-3-7-13)15-12-19-17-10-5-11-20-22(15)17/h4-5,8-13,21,23H,1-3,6-7H2. The van der Waals surface area contributed by atoms with Crippen LogP contribution in [0.3, 0.4) is 0 Å². The van der Waals surface area contributed by atoms with E-state index in [4.69, 9.17) is 0 Å². The minimum Gasteiger partial charge on any atom is -0.506 e. The zero-order chi connectivity index (χ0) is 15.6. The van der Waals surface area contributed by atoms with Gasteiger partial charge in [-0.1, -0.05) is 31.4 Å². The van der Waals surface area contributed by atoms with Crippen LogP contribution in [0.15, 0.2) is 42.7 Å². The Kier molecular flexibility index (Phi) is 3.61. The molecule has 1 aliphatic carbocycles. The highest BCUT2D eigenvalue weighted by molar-refractivity contribution is 5.81. The van der Waals surface area contributed by atoms with Gasteiger partial charge in [-0.2, -0.15) is 5.10 Å². The molecule has 0 atom stereocenters. The maximum absolute atomic E-state index is 10.4. The average Bonchev–Trinajstić information content (AvgIpc) is 3.02. The number of phenols is 1. The lowest BCUT2D eigenvalue weighted by atomic mass is 9.95. The van der Waals surface area contributed by atoms with Crippen molar-refractivity contribution in [2.75, 3.05) is 5.32 Å². The number of fused-ring (bicyclic) bond motifs is 1. The molecule has 4 rings (SSSR count). The summed E-state index contributed by atoms with van der Waals surface area (Å²) in [6.07, 6.45) is 9.66. The Balaban J connectivity index is 1.77. The first-order valence-corrected chi connectivity index (χ1v) is 8.20. The Bertz CT molecular complexity index is 821. The first-order chi connectivity index (χ1) is 11.3. The van der Waals surface area contributed by atoms with Crippen LogP contribution < -0.4 is 5.32 Å². The fourth-order valence-electron chi connectivity index (χ4n) is 3.37. The molecule has 0 amide bonds. The van der Waals surface area contributed by atoms with E-state index in [0.29, 0.717) is 6.04 Å². The molecular weight excluding hydrogens is 288 g/mol. The molecule has 1 aromatic carbocycles. The molecule has 1 aliphatic rings. The zero-order valence-corrected chi connectivity index (χ0v) is 12.9. The zero-order valence-electron chi connectivity index (χ0n) is 12.9. The third kappa shape index (κ3) is 2.63. The lowest BCUT2D eigenvalue weighted by Crippen LogP contribution is -2.22. The van der Waals surface area contributed by atoms with Crippen LogP contribution in [0.4, 0.5) is 5.69 Å². The number of phenolic OH excluding ortho intramolecular Hbond substituents is 1. The second-order valence-corrected chi connectivity index (χ2v) is 6.12. The van der Waals surface area contributed by atoms with Crippen LogP contribution >= 0.6 is 0 Å². The molecule has 1 saturated carbocycles. The number of rotatable bonds is 3. The number of nitrogens with one attached hydrogen (secondary N) is 1. The molecule has 1 fully saturated rings. The van der Waals surface area contributed by atoms with E-state index in [1.165, 1.54) is 19.3 Å². The maximum Gasteiger partial charge on any atom is 0.154 e. The minimum atomic E-state index is 0.277. The van der Waals surface area contributed by atoms with Gasteiger partial charge in [0.05, 0.1) is 17.6 Å². The van der Waals surface area contributed by atoms with Gasteiger partial charge in [-0.25, -0.2) is 9.50 Å². The molecule has 118 valence electrons. The van der Waals surface area contributed by atoms with E-state index < -0.39 is 0 Å². The number of benzene rings is 1. The van der Waals surface area contributed by atoms with Crippen LogP contribution in [-0.4, -0.2) is 25.7 Å². The molecule has 2 N–H and O–H groups in total. The number of imidazole rings is 1. The summed E-state index contributed by atoms with van der Waals surface area (Å²) in [7, 11) is 0. The molecule has 0 radical (unpaired) electrons. The van der Waals surface area contributed by atoms with E-state index in [1.807, 2.05) is 30.5 Å². The highest BCUT2D eigenvalue weighted by Crippen LogP contribution is 2.37. The van der Waals surface area contributed by atoms with Gasteiger partial charge >= 0.3 is 0 Å². The van der Waals surface area contributed by atoms with Gasteiger partial charge in [0.25, 0.3) is 0 Å². The molecule has 0 spiro atoms. The quantitative estimate of drug-likeness (QED) is 0.722. The largest absolute Gasteiger partial charge is 0.506 e. The molecule has 0 unspecified atom stereocenters. The third-order valence-electron chi connectivity index (χ3n) is 4.55. The van der Waals surface area contributed by atoms with E-state index in [2.05, 4.69) is 15.4 Å². The average molecular weight is 308 g/mol.